The van der Waals surface area contributed by atoms with Crippen LogP contribution in [-0.2, 0) is 6.42 Å². The number of anilines is 1. The van der Waals surface area contributed by atoms with Gasteiger partial charge < -0.3 is 9.84 Å². The smallest absolute Gasteiger partial charge is 0.234 e. The number of pyridine rings is 1. The zero-order valence-electron chi connectivity index (χ0n) is 15.3. The van der Waals surface area contributed by atoms with E-state index in [2.05, 4.69) is 27.6 Å². The van der Waals surface area contributed by atoms with Gasteiger partial charge in [0.25, 0.3) is 0 Å². The average molecular weight is 391 g/mol. The molecule has 0 aliphatic carbocycles. The summed E-state index contributed by atoms with van der Waals surface area (Å²) in [6, 6.07) is 21.8. The van der Waals surface area contributed by atoms with Crippen LogP contribution >= 0.6 is 11.6 Å². The summed E-state index contributed by atoms with van der Waals surface area (Å²) < 4.78 is 5.69. The first kappa shape index (κ1) is 18.2. The first-order chi connectivity index (χ1) is 13.7. The van der Waals surface area contributed by atoms with Crippen molar-refractivity contribution < 1.29 is 4.52 Å². The molecular weight excluding hydrogens is 372 g/mol. The summed E-state index contributed by atoms with van der Waals surface area (Å²) in [5.74, 6) is 1.66. The van der Waals surface area contributed by atoms with Gasteiger partial charge in [0.05, 0.1) is 11.5 Å². The third-order valence-corrected chi connectivity index (χ3v) is 4.79. The molecule has 1 N–H and O–H groups in total. The quantitative estimate of drug-likeness (QED) is 0.490. The van der Waals surface area contributed by atoms with Crippen LogP contribution in [-0.4, -0.2) is 22.2 Å². The predicted octanol–water partition coefficient (Wildman–Crippen LogP) is 5.20. The molecule has 2 aromatic carbocycles. The van der Waals surface area contributed by atoms with E-state index in [0.717, 1.165) is 17.5 Å². The minimum atomic E-state index is -0.0999. The fourth-order valence-corrected chi connectivity index (χ4v) is 3.39. The fraction of sp³-hybridized carbons (Fsp3) is 0.136. The molecule has 1 atom stereocenters. The lowest BCUT2D eigenvalue weighted by atomic mass is 9.92. The van der Waals surface area contributed by atoms with E-state index in [1.54, 1.807) is 6.20 Å². The summed E-state index contributed by atoms with van der Waals surface area (Å²) in [5, 5.41) is 7.95. The molecule has 28 heavy (non-hydrogen) atoms. The minimum Gasteiger partial charge on any atom is -0.373 e. The topological polar surface area (TPSA) is 63.8 Å². The molecule has 0 saturated carbocycles. The Morgan fingerprint density at radius 1 is 1.04 bits per heavy atom. The molecule has 2 aromatic heterocycles. The van der Waals surface area contributed by atoms with Crippen LogP contribution in [0.15, 0.2) is 77.4 Å². The van der Waals surface area contributed by atoms with Crippen molar-refractivity contribution in [2.45, 2.75) is 12.3 Å². The maximum atomic E-state index is 6.24. The van der Waals surface area contributed by atoms with Crippen LogP contribution in [0.5, 0.6) is 0 Å². The molecule has 0 amide bonds. The highest BCUT2D eigenvalue weighted by atomic mass is 35.5. The Labute approximate surface area is 168 Å². The highest BCUT2D eigenvalue weighted by molar-refractivity contribution is 6.30. The molecule has 0 radical (unpaired) electrons. The Balaban J connectivity index is 1.74. The number of hydrogen-bond acceptors (Lipinski definition) is 5. The standard InChI is InChI=1S/C22H19ClN4O/c1-24-20-18(11-6-12-25-20)21-26-22(28-27-21)19(13-15-7-3-2-4-8-15)16-9-5-10-17(23)14-16/h2-12,14,19H,13H2,1H3,(H,24,25). The monoisotopic (exact) mass is 390 g/mol. The van der Waals surface area contributed by atoms with Gasteiger partial charge in [-0.15, -0.1) is 0 Å². The van der Waals surface area contributed by atoms with Crippen LogP contribution in [0.4, 0.5) is 5.82 Å². The van der Waals surface area contributed by atoms with Crippen molar-refractivity contribution in [3.8, 4) is 11.4 Å². The molecule has 5 nitrogen and oxygen atoms in total. The van der Waals surface area contributed by atoms with Gasteiger partial charge in [-0.3, -0.25) is 0 Å². The van der Waals surface area contributed by atoms with Gasteiger partial charge in [0, 0.05) is 18.3 Å². The van der Waals surface area contributed by atoms with Gasteiger partial charge in [0.15, 0.2) is 0 Å². The van der Waals surface area contributed by atoms with Crippen molar-refractivity contribution >= 4 is 17.4 Å². The lowest BCUT2D eigenvalue weighted by Crippen LogP contribution is -2.06. The predicted molar refractivity (Wildman–Crippen MR) is 111 cm³/mol. The Kier molecular flexibility index (Phi) is 5.35. The van der Waals surface area contributed by atoms with Gasteiger partial charge in [-0.2, -0.15) is 4.98 Å². The zero-order chi connectivity index (χ0) is 19.3. The molecule has 0 aliphatic rings. The Bertz CT molecular complexity index is 1060. The van der Waals surface area contributed by atoms with Crippen molar-refractivity contribution in [3.05, 3.63) is 95.0 Å². The molecule has 0 fully saturated rings. The Morgan fingerprint density at radius 3 is 2.68 bits per heavy atom. The lowest BCUT2D eigenvalue weighted by molar-refractivity contribution is 0.365. The van der Waals surface area contributed by atoms with Crippen molar-refractivity contribution in [3.63, 3.8) is 0 Å². The van der Waals surface area contributed by atoms with E-state index in [9.17, 15) is 0 Å². The van der Waals surface area contributed by atoms with Crippen molar-refractivity contribution in [2.24, 2.45) is 0 Å². The number of aromatic nitrogens is 3. The van der Waals surface area contributed by atoms with Gasteiger partial charge in [0.1, 0.15) is 5.82 Å². The van der Waals surface area contributed by atoms with E-state index >= 15 is 0 Å². The van der Waals surface area contributed by atoms with Gasteiger partial charge in [0.2, 0.25) is 11.7 Å². The van der Waals surface area contributed by atoms with Crippen LogP contribution in [0.1, 0.15) is 22.9 Å². The molecule has 0 spiro atoms. The van der Waals surface area contributed by atoms with Crippen LogP contribution in [0, 0.1) is 0 Å². The van der Waals surface area contributed by atoms with Gasteiger partial charge in [-0.25, -0.2) is 4.98 Å². The number of rotatable bonds is 6. The maximum Gasteiger partial charge on any atom is 0.234 e. The highest BCUT2D eigenvalue weighted by Crippen LogP contribution is 2.31. The average Bonchev–Trinajstić information content (AvgIpc) is 3.22. The molecule has 140 valence electrons. The normalized spacial score (nSPS) is 11.9. The third kappa shape index (κ3) is 3.89. The van der Waals surface area contributed by atoms with E-state index < -0.39 is 0 Å². The molecule has 0 saturated heterocycles. The second kappa shape index (κ2) is 8.23. The van der Waals surface area contributed by atoms with E-state index in [-0.39, 0.29) is 5.92 Å². The number of benzene rings is 2. The van der Waals surface area contributed by atoms with Crippen LogP contribution in [0.3, 0.4) is 0 Å². The van der Waals surface area contributed by atoms with Crippen LogP contribution in [0.2, 0.25) is 5.02 Å². The summed E-state index contributed by atoms with van der Waals surface area (Å²) in [6.07, 6.45) is 2.45. The third-order valence-electron chi connectivity index (χ3n) is 4.56. The lowest BCUT2D eigenvalue weighted by Gasteiger charge is -2.14. The zero-order valence-corrected chi connectivity index (χ0v) is 16.1. The van der Waals surface area contributed by atoms with E-state index in [1.807, 2.05) is 61.6 Å². The molecule has 4 rings (SSSR count). The Hall–Kier alpha value is -3.18. The van der Waals surface area contributed by atoms with E-state index in [0.29, 0.717) is 22.6 Å². The molecule has 4 aromatic rings. The van der Waals surface area contributed by atoms with Gasteiger partial charge in [-0.1, -0.05) is 59.2 Å². The second-order valence-electron chi connectivity index (χ2n) is 6.40. The first-order valence-corrected chi connectivity index (χ1v) is 9.38. The van der Waals surface area contributed by atoms with Crippen molar-refractivity contribution in [2.75, 3.05) is 12.4 Å². The summed E-state index contributed by atoms with van der Waals surface area (Å²) in [7, 11) is 1.82. The van der Waals surface area contributed by atoms with E-state index in [4.69, 9.17) is 21.1 Å². The number of halogens is 1. The molecule has 1 unspecified atom stereocenters. The molecular formula is C22H19ClN4O. The number of nitrogens with one attached hydrogen (secondary N) is 1. The van der Waals surface area contributed by atoms with E-state index in [1.165, 1.54) is 5.56 Å². The number of hydrogen-bond donors (Lipinski definition) is 1. The fourth-order valence-electron chi connectivity index (χ4n) is 3.19. The maximum absolute atomic E-state index is 6.24. The highest BCUT2D eigenvalue weighted by Gasteiger charge is 2.23. The van der Waals surface area contributed by atoms with Crippen molar-refractivity contribution in [1.82, 2.24) is 15.1 Å². The second-order valence-corrected chi connectivity index (χ2v) is 6.84. The van der Waals surface area contributed by atoms with Crippen LogP contribution in [0.25, 0.3) is 11.4 Å². The van der Waals surface area contributed by atoms with Gasteiger partial charge >= 0.3 is 0 Å². The van der Waals surface area contributed by atoms with Crippen LogP contribution < -0.4 is 5.32 Å². The molecule has 2 heterocycles. The largest absolute Gasteiger partial charge is 0.373 e. The van der Waals surface area contributed by atoms with Crippen molar-refractivity contribution in [1.29, 1.82) is 0 Å². The molecule has 0 aliphatic heterocycles. The SMILES string of the molecule is CNc1ncccc1-c1noc(C(Cc2ccccc2)c2cccc(Cl)c2)n1. The minimum absolute atomic E-state index is 0.0999. The molecule has 6 heteroatoms. The number of nitrogens with zero attached hydrogens (tertiary/aromatic N) is 3. The summed E-state index contributed by atoms with van der Waals surface area (Å²) in [5.41, 5.74) is 3.01. The summed E-state index contributed by atoms with van der Waals surface area (Å²) >= 11 is 6.24. The molecule has 0 bridgehead atoms. The summed E-state index contributed by atoms with van der Waals surface area (Å²) in [6.45, 7) is 0. The summed E-state index contributed by atoms with van der Waals surface area (Å²) in [4.78, 5) is 9.01. The Morgan fingerprint density at radius 2 is 1.89 bits per heavy atom. The van der Waals surface area contributed by atoms with Gasteiger partial charge in [-0.05, 0) is 41.8 Å². The first-order valence-electron chi connectivity index (χ1n) is 9.00.